The Morgan fingerprint density at radius 3 is 2.54 bits per heavy atom. The summed E-state index contributed by atoms with van der Waals surface area (Å²) in [5.41, 5.74) is 4.32. The van der Waals surface area contributed by atoms with E-state index < -0.39 is 17.1 Å². The van der Waals surface area contributed by atoms with Crippen LogP contribution in [-0.2, 0) is 9.59 Å². The number of nitrogens with one attached hydrogen (secondary N) is 4. The average molecular weight is 674 g/mol. The molecular formula is C37H31N5O4S2. The zero-order valence-corrected chi connectivity index (χ0v) is 27.7. The second-order valence-electron chi connectivity index (χ2n) is 10.7. The van der Waals surface area contributed by atoms with Gasteiger partial charge in [0, 0.05) is 49.8 Å². The molecule has 3 amide bonds. The van der Waals surface area contributed by atoms with Crippen LogP contribution in [0.4, 0.5) is 10.8 Å². The van der Waals surface area contributed by atoms with Crippen LogP contribution < -0.4 is 20.7 Å². The summed E-state index contributed by atoms with van der Waals surface area (Å²) >= 11 is 2.70. The predicted molar refractivity (Wildman–Crippen MR) is 193 cm³/mol. The summed E-state index contributed by atoms with van der Waals surface area (Å²) in [7, 11) is 1.61. The molecule has 1 unspecified atom stereocenters. The first-order valence-corrected chi connectivity index (χ1v) is 16.8. The molecule has 9 nitrogen and oxygen atoms in total. The van der Waals surface area contributed by atoms with E-state index in [1.165, 1.54) is 23.1 Å². The Morgan fingerprint density at radius 1 is 0.917 bits per heavy atom. The maximum absolute atomic E-state index is 13.6. The Bertz CT molecular complexity index is 2120. The van der Waals surface area contributed by atoms with Gasteiger partial charge in [-0.25, -0.2) is 4.98 Å². The second kappa shape index (κ2) is 14.8. The molecule has 4 N–H and O–H groups in total. The first-order valence-electron chi connectivity index (χ1n) is 15.0. The average Bonchev–Trinajstić information content (AvgIpc) is 3.75. The molecule has 0 aliphatic rings. The quantitative estimate of drug-likeness (QED) is 0.0821. The number of methoxy groups -OCH3 is 1. The van der Waals surface area contributed by atoms with Gasteiger partial charge in [-0.15, -0.1) is 23.1 Å². The monoisotopic (exact) mass is 673 g/mol. The van der Waals surface area contributed by atoms with E-state index in [0.717, 1.165) is 38.4 Å². The lowest BCUT2D eigenvalue weighted by molar-refractivity contribution is -0.115. The number of amides is 3. The molecule has 4 aromatic carbocycles. The van der Waals surface area contributed by atoms with Crippen LogP contribution in [0.3, 0.4) is 0 Å². The number of ether oxygens (including phenoxy) is 1. The summed E-state index contributed by atoms with van der Waals surface area (Å²) in [4.78, 5) is 48.3. The molecule has 6 aromatic rings. The molecule has 0 radical (unpaired) electrons. The van der Waals surface area contributed by atoms with Gasteiger partial charge in [0.05, 0.1) is 18.1 Å². The number of fused-ring (bicyclic) bond motifs is 1. The zero-order chi connectivity index (χ0) is 33.5. The molecule has 0 spiro atoms. The van der Waals surface area contributed by atoms with Gasteiger partial charge in [-0.3, -0.25) is 14.4 Å². The number of rotatable bonds is 11. The number of hydrogen-bond acceptors (Lipinski definition) is 7. The van der Waals surface area contributed by atoms with E-state index in [4.69, 9.17) is 4.74 Å². The fraction of sp³-hybridized carbons (Fsp3) is 0.0811. The van der Waals surface area contributed by atoms with Gasteiger partial charge >= 0.3 is 0 Å². The first-order chi connectivity index (χ1) is 23.4. The highest BCUT2D eigenvalue weighted by atomic mass is 32.2. The topological polar surface area (TPSA) is 125 Å². The number of carbonyl (C=O) groups is 3. The Labute approximate surface area is 285 Å². The van der Waals surface area contributed by atoms with Crippen molar-refractivity contribution in [1.82, 2.24) is 15.3 Å². The minimum atomic E-state index is -0.492. The van der Waals surface area contributed by atoms with Crippen molar-refractivity contribution in [3.8, 4) is 17.0 Å². The normalized spacial score (nSPS) is 11.9. The molecule has 0 bridgehead atoms. The Morgan fingerprint density at radius 2 is 1.71 bits per heavy atom. The lowest BCUT2D eigenvalue weighted by atomic mass is 10.1. The van der Waals surface area contributed by atoms with Crippen molar-refractivity contribution >= 4 is 68.6 Å². The van der Waals surface area contributed by atoms with Gasteiger partial charge in [0.2, 0.25) is 5.91 Å². The number of nitrogens with zero attached hydrogens (tertiary/aromatic N) is 1. The number of aromatic nitrogens is 2. The highest BCUT2D eigenvalue weighted by molar-refractivity contribution is 8.00. The third-order valence-corrected chi connectivity index (χ3v) is 9.18. The third-order valence-electron chi connectivity index (χ3n) is 7.32. The minimum Gasteiger partial charge on any atom is -0.497 e. The van der Waals surface area contributed by atoms with Crippen molar-refractivity contribution in [2.75, 3.05) is 17.7 Å². The maximum Gasteiger partial charge on any atom is 0.272 e. The highest BCUT2D eigenvalue weighted by Gasteiger charge is 2.19. The third kappa shape index (κ3) is 7.83. The number of carbonyl (C=O) groups excluding carboxylic acids is 3. The summed E-state index contributed by atoms with van der Waals surface area (Å²) in [6.45, 7) is 1.81. The molecule has 0 aliphatic carbocycles. The van der Waals surface area contributed by atoms with E-state index in [1.54, 1.807) is 61.8 Å². The van der Waals surface area contributed by atoms with E-state index in [1.807, 2.05) is 73.0 Å². The molecule has 0 fully saturated rings. The number of thioether (sulfide) groups is 1. The van der Waals surface area contributed by atoms with Gasteiger partial charge in [-0.05, 0) is 61.5 Å². The maximum atomic E-state index is 13.6. The number of thiazole rings is 1. The Balaban J connectivity index is 1.14. The number of aromatic amines is 1. The van der Waals surface area contributed by atoms with Gasteiger partial charge in [-0.2, -0.15) is 0 Å². The molecule has 48 heavy (non-hydrogen) atoms. The van der Waals surface area contributed by atoms with Crippen molar-refractivity contribution in [3.63, 3.8) is 0 Å². The van der Waals surface area contributed by atoms with Gasteiger partial charge in [0.15, 0.2) is 5.13 Å². The first kappa shape index (κ1) is 32.3. The predicted octanol–water partition coefficient (Wildman–Crippen LogP) is 7.83. The summed E-state index contributed by atoms with van der Waals surface area (Å²) in [5, 5.41) is 11.4. The molecule has 0 saturated carbocycles. The van der Waals surface area contributed by atoms with Gasteiger partial charge < -0.3 is 25.7 Å². The van der Waals surface area contributed by atoms with E-state index >= 15 is 0 Å². The van der Waals surface area contributed by atoms with Crippen molar-refractivity contribution in [1.29, 1.82) is 0 Å². The number of anilines is 2. The van der Waals surface area contributed by atoms with Crippen molar-refractivity contribution in [2.24, 2.45) is 0 Å². The SMILES string of the molecule is COc1cccc(-c2csc(NC(=O)C(C)Sc3cccc(NC(=O)/C(=C/c4c[nH]c5ccccc45)NC(=O)c4ccccc4)c3)n2)c1. The second-order valence-corrected chi connectivity index (χ2v) is 12.9. The van der Waals surface area contributed by atoms with Gasteiger partial charge in [0.1, 0.15) is 11.4 Å². The van der Waals surface area contributed by atoms with Crippen LogP contribution in [-0.4, -0.2) is 40.0 Å². The summed E-state index contributed by atoms with van der Waals surface area (Å²) < 4.78 is 5.30. The zero-order valence-electron chi connectivity index (χ0n) is 26.0. The molecular weight excluding hydrogens is 643 g/mol. The van der Waals surface area contributed by atoms with Crippen LogP contribution >= 0.6 is 23.1 Å². The van der Waals surface area contributed by atoms with Gasteiger partial charge in [0.25, 0.3) is 11.8 Å². The van der Waals surface area contributed by atoms with Crippen LogP contribution in [0.1, 0.15) is 22.8 Å². The molecule has 0 aliphatic heterocycles. The molecule has 2 aromatic heterocycles. The standard InChI is InChI=1S/C37H31N5O4S2/c1-23(34(43)42-37-41-33(22-47-37)25-12-8-14-28(18-25)46-2)48-29-15-9-13-27(20-29)39-36(45)32(40-35(44)24-10-4-3-5-11-24)19-26-21-38-31-17-7-6-16-30(26)31/h3-23,38H,1-2H3,(H,39,45)(H,40,44)(H,41,42,43)/b32-19-. The summed E-state index contributed by atoms with van der Waals surface area (Å²) in [5.74, 6) is -0.369. The Hall–Kier alpha value is -5.65. The number of benzene rings is 4. The molecule has 2 heterocycles. The van der Waals surface area contributed by atoms with Crippen LogP contribution in [0.25, 0.3) is 28.2 Å². The van der Waals surface area contributed by atoms with Crippen molar-refractivity contribution in [3.05, 3.63) is 132 Å². The van der Waals surface area contributed by atoms with Crippen LogP contribution in [0, 0.1) is 0 Å². The molecule has 1 atom stereocenters. The smallest absolute Gasteiger partial charge is 0.272 e. The van der Waals surface area contributed by atoms with Crippen molar-refractivity contribution in [2.45, 2.75) is 17.1 Å². The summed E-state index contributed by atoms with van der Waals surface area (Å²) in [6, 6.07) is 31.2. The largest absolute Gasteiger partial charge is 0.497 e. The Kier molecular flexibility index (Phi) is 9.99. The number of hydrogen-bond donors (Lipinski definition) is 4. The van der Waals surface area contributed by atoms with E-state index in [-0.39, 0.29) is 11.6 Å². The fourth-order valence-electron chi connectivity index (χ4n) is 4.87. The lowest BCUT2D eigenvalue weighted by Crippen LogP contribution is -2.30. The van der Waals surface area contributed by atoms with Crippen molar-refractivity contribution < 1.29 is 19.1 Å². The summed E-state index contributed by atoms with van der Waals surface area (Å²) in [6.07, 6.45) is 3.44. The van der Waals surface area contributed by atoms with Crippen LogP contribution in [0.5, 0.6) is 5.75 Å². The van der Waals surface area contributed by atoms with E-state index in [2.05, 4.69) is 25.9 Å². The van der Waals surface area contributed by atoms with Gasteiger partial charge in [-0.1, -0.05) is 54.6 Å². The van der Waals surface area contributed by atoms with Crippen LogP contribution in [0.15, 0.2) is 125 Å². The molecule has 11 heteroatoms. The fourth-order valence-corrected chi connectivity index (χ4v) is 6.52. The van der Waals surface area contributed by atoms with E-state index in [9.17, 15) is 14.4 Å². The minimum absolute atomic E-state index is 0.0798. The number of H-pyrrole nitrogens is 1. The van der Waals surface area contributed by atoms with E-state index in [0.29, 0.717) is 16.4 Å². The molecule has 0 saturated heterocycles. The molecule has 6 rings (SSSR count). The lowest BCUT2D eigenvalue weighted by Gasteiger charge is -2.13. The van der Waals surface area contributed by atoms with Crippen LogP contribution in [0.2, 0.25) is 0 Å². The highest BCUT2D eigenvalue weighted by Crippen LogP contribution is 2.30. The number of para-hydroxylation sites is 1. The molecule has 240 valence electrons.